The van der Waals surface area contributed by atoms with E-state index in [1.807, 2.05) is 0 Å². The van der Waals surface area contributed by atoms with Gasteiger partial charge in [0, 0.05) is 27.7 Å². The lowest BCUT2D eigenvalue weighted by Crippen LogP contribution is -2.27. The first kappa shape index (κ1) is 21.0. The molecule has 2 nitrogen and oxygen atoms in total. The van der Waals surface area contributed by atoms with Crippen LogP contribution in [0.5, 0.6) is 0 Å². The van der Waals surface area contributed by atoms with E-state index in [1.165, 1.54) is 22.8 Å². The van der Waals surface area contributed by atoms with Crippen LogP contribution in [-0.4, -0.2) is 14.5 Å². The van der Waals surface area contributed by atoms with E-state index < -0.39 is 14.5 Å². The highest BCUT2D eigenvalue weighted by molar-refractivity contribution is 6.50. The van der Waals surface area contributed by atoms with Crippen LogP contribution < -0.4 is 9.97 Å². The molecule has 0 fully saturated rings. The van der Waals surface area contributed by atoms with Crippen molar-refractivity contribution in [2.24, 2.45) is 0 Å². The average Bonchev–Trinajstić information content (AvgIpc) is 2.09. The number of nitrogens with one attached hydrogen (secondary N) is 2. The standard InChI is InChI=1S/C8H12N2.2BF4/c1-5-6(2)10-8(4)7(3)9-5;2*2-1(3,4)5/h1-4H3;;/q;2*-1/p+2. The quantitative estimate of drug-likeness (QED) is 0.520. The summed E-state index contributed by atoms with van der Waals surface area (Å²) in [5, 5.41) is 0. The van der Waals surface area contributed by atoms with Gasteiger partial charge in [-0.05, 0) is 0 Å². The second kappa shape index (κ2) is 8.05. The van der Waals surface area contributed by atoms with Crippen molar-refractivity contribution in [2.45, 2.75) is 27.7 Å². The normalized spacial score (nSPS) is 11.0. The van der Waals surface area contributed by atoms with E-state index in [-0.39, 0.29) is 0 Å². The summed E-state index contributed by atoms with van der Waals surface area (Å²) < 4.78 is 78.0. The minimum Gasteiger partial charge on any atom is -0.418 e. The molecule has 118 valence electrons. The molecule has 0 aliphatic rings. The second-order valence-corrected chi connectivity index (χ2v) is 3.74. The fourth-order valence-electron chi connectivity index (χ4n) is 0.938. The average molecular weight is 312 g/mol. The van der Waals surface area contributed by atoms with Crippen LogP contribution in [0.4, 0.5) is 34.5 Å². The molecule has 1 aromatic rings. The van der Waals surface area contributed by atoms with E-state index in [0.717, 1.165) is 0 Å². The van der Waals surface area contributed by atoms with Crippen LogP contribution in [0.25, 0.3) is 0 Å². The molecule has 0 aliphatic heterocycles. The SMILES string of the molecule is Cc1[nH+]c(C)c(C)[nH+]c1C.F[B-](F)(F)F.F[B-](F)(F)F. The summed E-state index contributed by atoms with van der Waals surface area (Å²) in [6, 6.07) is 0. The van der Waals surface area contributed by atoms with E-state index in [9.17, 15) is 34.5 Å². The third-order valence-electron chi connectivity index (χ3n) is 1.88. The molecule has 0 aromatic carbocycles. The largest absolute Gasteiger partial charge is 0.673 e. The second-order valence-electron chi connectivity index (χ2n) is 3.74. The van der Waals surface area contributed by atoms with E-state index in [1.54, 1.807) is 0 Å². The van der Waals surface area contributed by atoms with Crippen LogP contribution in [0, 0.1) is 27.7 Å². The molecule has 0 bridgehead atoms. The number of rotatable bonds is 0. The molecule has 0 saturated heterocycles. The van der Waals surface area contributed by atoms with Crippen LogP contribution in [0.3, 0.4) is 0 Å². The highest BCUT2D eigenvalue weighted by Crippen LogP contribution is 2.07. The molecular formula is C8H14B2F8N2. The van der Waals surface area contributed by atoms with Crippen LogP contribution >= 0.6 is 0 Å². The smallest absolute Gasteiger partial charge is 0.418 e. The van der Waals surface area contributed by atoms with Gasteiger partial charge < -0.3 is 34.5 Å². The van der Waals surface area contributed by atoms with Crippen molar-refractivity contribution in [3.63, 3.8) is 0 Å². The molecule has 0 radical (unpaired) electrons. The molecule has 0 unspecified atom stereocenters. The fraction of sp³-hybridized carbons (Fsp3) is 0.500. The topological polar surface area (TPSA) is 28.3 Å². The maximum atomic E-state index is 9.75. The van der Waals surface area contributed by atoms with Crippen LogP contribution in [-0.2, 0) is 0 Å². The first-order valence-electron chi connectivity index (χ1n) is 5.25. The minimum absolute atomic E-state index is 1.21. The number of hydrogen-bond acceptors (Lipinski definition) is 0. The van der Waals surface area contributed by atoms with Crippen LogP contribution in [0.2, 0.25) is 0 Å². The molecule has 0 spiro atoms. The molecule has 1 rings (SSSR count). The van der Waals surface area contributed by atoms with Gasteiger partial charge >= 0.3 is 14.5 Å². The van der Waals surface area contributed by atoms with Gasteiger partial charge in [0.25, 0.3) is 0 Å². The van der Waals surface area contributed by atoms with Gasteiger partial charge in [-0.15, -0.1) is 0 Å². The number of hydrogen-bond donors (Lipinski definition) is 0. The zero-order valence-corrected chi connectivity index (χ0v) is 11.2. The van der Waals surface area contributed by atoms with Crippen molar-refractivity contribution in [1.29, 1.82) is 0 Å². The molecule has 0 atom stereocenters. The number of aryl methyl sites for hydroxylation is 4. The molecular weight excluding hydrogens is 298 g/mol. The molecule has 1 heterocycles. The molecule has 1 aromatic heterocycles. The predicted octanol–water partition coefficient (Wildman–Crippen LogP) is 3.15. The van der Waals surface area contributed by atoms with E-state index in [4.69, 9.17) is 0 Å². The summed E-state index contributed by atoms with van der Waals surface area (Å²) >= 11 is 0. The zero-order valence-electron chi connectivity index (χ0n) is 11.2. The van der Waals surface area contributed by atoms with E-state index >= 15 is 0 Å². The first-order chi connectivity index (χ1) is 8.61. The Labute approximate surface area is 110 Å². The number of halogens is 8. The van der Waals surface area contributed by atoms with E-state index in [0.29, 0.717) is 0 Å². The Morgan fingerprint density at radius 1 is 0.500 bits per heavy atom. The Hall–Kier alpha value is -1.35. The molecule has 20 heavy (non-hydrogen) atoms. The van der Waals surface area contributed by atoms with Gasteiger partial charge in [0.05, 0.1) is 0 Å². The summed E-state index contributed by atoms with van der Waals surface area (Å²) in [7, 11) is -12.0. The van der Waals surface area contributed by atoms with Gasteiger partial charge in [0.1, 0.15) is 0 Å². The molecule has 2 N–H and O–H groups in total. The molecule has 0 aliphatic carbocycles. The lowest BCUT2D eigenvalue weighted by atomic mass is 10.3. The maximum absolute atomic E-state index is 9.75. The first-order valence-corrected chi connectivity index (χ1v) is 5.25. The fourth-order valence-corrected chi connectivity index (χ4v) is 0.938. The maximum Gasteiger partial charge on any atom is 0.673 e. The highest BCUT2D eigenvalue weighted by atomic mass is 19.5. The third-order valence-corrected chi connectivity index (χ3v) is 1.88. The van der Waals surface area contributed by atoms with Crippen molar-refractivity contribution in [2.75, 3.05) is 0 Å². The monoisotopic (exact) mass is 312 g/mol. The van der Waals surface area contributed by atoms with Gasteiger partial charge in [0.2, 0.25) is 22.8 Å². The lowest BCUT2D eigenvalue weighted by Gasteiger charge is -1.94. The molecule has 0 saturated carbocycles. The number of H-pyrrole nitrogens is 2. The van der Waals surface area contributed by atoms with Crippen molar-refractivity contribution >= 4 is 14.5 Å². The van der Waals surface area contributed by atoms with Crippen LogP contribution in [0.15, 0.2) is 0 Å². The minimum atomic E-state index is -6.00. The van der Waals surface area contributed by atoms with Gasteiger partial charge in [-0.1, -0.05) is 0 Å². The Bertz CT molecular complexity index is 344. The number of aromatic amines is 2. The zero-order chi connectivity index (χ0) is 16.7. The Balaban J connectivity index is 0. The third kappa shape index (κ3) is 19.0. The van der Waals surface area contributed by atoms with Crippen molar-refractivity contribution < 1.29 is 44.5 Å². The van der Waals surface area contributed by atoms with Gasteiger partial charge in [0.15, 0.2) is 0 Å². The van der Waals surface area contributed by atoms with Gasteiger partial charge in [-0.2, -0.15) is 0 Å². The summed E-state index contributed by atoms with van der Waals surface area (Å²) in [5.41, 5.74) is 4.84. The Kier molecular flexibility index (Phi) is 8.44. The van der Waals surface area contributed by atoms with E-state index in [2.05, 4.69) is 37.7 Å². The number of aromatic nitrogens is 2. The Morgan fingerprint density at radius 3 is 0.700 bits per heavy atom. The summed E-state index contributed by atoms with van der Waals surface area (Å²) in [5.74, 6) is 0. The Morgan fingerprint density at radius 2 is 0.600 bits per heavy atom. The molecule has 12 heteroatoms. The summed E-state index contributed by atoms with van der Waals surface area (Å²) in [4.78, 5) is 6.55. The van der Waals surface area contributed by atoms with Crippen molar-refractivity contribution in [1.82, 2.24) is 0 Å². The predicted molar refractivity (Wildman–Crippen MR) is 58.9 cm³/mol. The molecule has 0 amide bonds. The summed E-state index contributed by atoms with van der Waals surface area (Å²) in [6.07, 6.45) is 0. The van der Waals surface area contributed by atoms with Crippen LogP contribution in [0.1, 0.15) is 22.8 Å². The van der Waals surface area contributed by atoms with Crippen molar-refractivity contribution in [3.8, 4) is 0 Å². The van der Waals surface area contributed by atoms with Crippen molar-refractivity contribution in [3.05, 3.63) is 22.8 Å². The summed E-state index contributed by atoms with van der Waals surface area (Å²) in [6.45, 7) is 8.27. The highest BCUT2D eigenvalue weighted by Gasteiger charge is 2.21. The lowest BCUT2D eigenvalue weighted by molar-refractivity contribution is -0.472. The van der Waals surface area contributed by atoms with Gasteiger partial charge in [-0.25, -0.2) is 9.97 Å². The van der Waals surface area contributed by atoms with Gasteiger partial charge in [-0.3, -0.25) is 0 Å².